The molecule has 0 spiro atoms. The van der Waals surface area contributed by atoms with Crippen LogP contribution in [0.4, 0.5) is 0 Å². The van der Waals surface area contributed by atoms with Gasteiger partial charge in [0.05, 0.1) is 18.9 Å². The van der Waals surface area contributed by atoms with Gasteiger partial charge in [-0.25, -0.2) is 4.79 Å². The summed E-state index contributed by atoms with van der Waals surface area (Å²) in [7, 11) is 3.15. The van der Waals surface area contributed by atoms with E-state index in [0.717, 1.165) is 54.1 Å². The van der Waals surface area contributed by atoms with Gasteiger partial charge in [0, 0.05) is 52.0 Å². The Morgan fingerprint density at radius 2 is 1.71 bits per heavy atom. The molecule has 1 saturated heterocycles. The predicted octanol–water partition coefficient (Wildman–Crippen LogP) is 1.84. The van der Waals surface area contributed by atoms with Gasteiger partial charge in [-0.1, -0.05) is 36.4 Å². The van der Waals surface area contributed by atoms with E-state index in [1.165, 1.54) is 17.0 Å². The van der Waals surface area contributed by atoms with Gasteiger partial charge in [0.15, 0.2) is 11.2 Å². The SMILES string of the molecule is Cn1c(=O)c2c(nc3n(CCN4CCOCC4)c(-c4ccc5ccccc5c4)cn23)n(C)c1=O. The van der Waals surface area contributed by atoms with E-state index in [1.54, 1.807) is 7.05 Å². The largest absolute Gasteiger partial charge is 0.379 e. The van der Waals surface area contributed by atoms with E-state index in [0.29, 0.717) is 23.5 Å². The summed E-state index contributed by atoms with van der Waals surface area (Å²) in [5.74, 6) is 0.657. The van der Waals surface area contributed by atoms with E-state index in [2.05, 4.69) is 39.8 Å². The Bertz CT molecular complexity index is 1670. The van der Waals surface area contributed by atoms with Crippen LogP contribution in [0.25, 0.3) is 39.0 Å². The quantitative estimate of drug-likeness (QED) is 0.411. The number of aromatic nitrogens is 5. The number of imidazole rings is 2. The third-order valence-electron chi connectivity index (χ3n) is 6.85. The number of hydrogen-bond donors (Lipinski definition) is 0. The lowest BCUT2D eigenvalue weighted by Crippen LogP contribution is -2.38. The van der Waals surface area contributed by atoms with Gasteiger partial charge in [-0.2, -0.15) is 4.98 Å². The molecule has 6 rings (SSSR count). The Hall–Kier alpha value is -3.69. The maximum Gasteiger partial charge on any atom is 0.332 e. The van der Waals surface area contributed by atoms with Crippen LogP contribution in [-0.2, 0) is 25.4 Å². The topological polar surface area (TPSA) is 78.7 Å². The lowest BCUT2D eigenvalue weighted by Gasteiger charge is -2.26. The van der Waals surface area contributed by atoms with Gasteiger partial charge in [0.2, 0.25) is 5.78 Å². The summed E-state index contributed by atoms with van der Waals surface area (Å²) in [4.78, 5) is 32.7. The fourth-order valence-electron chi connectivity index (χ4n) is 4.88. The first kappa shape index (κ1) is 20.9. The minimum Gasteiger partial charge on any atom is -0.379 e. The van der Waals surface area contributed by atoms with Gasteiger partial charge in [-0.3, -0.25) is 23.2 Å². The zero-order chi connectivity index (χ0) is 23.4. The molecule has 174 valence electrons. The van der Waals surface area contributed by atoms with Crippen LogP contribution in [0.1, 0.15) is 0 Å². The highest BCUT2D eigenvalue weighted by atomic mass is 16.5. The van der Waals surface area contributed by atoms with E-state index >= 15 is 0 Å². The molecule has 0 bridgehead atoms. The molecular weight excluding hydrogens is 432 g/mol. The highest BCUT2D eigenvalue weighted by Gasteiger charge is 2.21. The molecule has 1 aliphatic rings. The lowest BCUT2D eigenvalue weighted by atomic mass is 10.1. The van der Waals surface area contributed by atoms with E-state index in [-0.39, 0.29) is 11.2 Å². The van der Waals surface area contributed by atoms with Crippen molar-refractivity contribution in [2.45, 2.75) is 6.54 Å². The summed E-state index contributed by atoms with van der Waals surface area (Å²) in [5, 5.41) is 2.33. The minimum absolute atomic E-state index is 0.346. The molecule has 9 nitrogen and oxygen atoms in total. The van der Waals surface area contributed by atoms with Crippen LogP contribution in [-0.4, -0.2) is 60.8 Å². The second kappa shape index (κ2) is 7.96. The number of morpholine rings is 1. The van der Waals surface area contributed by atoms with Crippen LogP contribution in [0.15, 0.2) is 58.3 Å². The van der Waals surface area contributed by atoms with Crippen molar-refractivity contribution in [2.24, 2.45) is 14.1 Å². The molecule has 0 radical (unpaired) electrons. The van der Waals surface area contributed by atoms with Crippen molar-refractivity contribution in [2.75, 3.05) is 32.8 Å². The average molecular weight is 459 g/mol. The Morgan fingerprint density at radius 1 is 0.941 bits per heavy atom. The molecule has 2 aromatic carbocycles. The van der Waals surface area contributed by atoms with E-state index in [9.17, 15) is 9.59 Å². The first-order chi connectivity index (χ1) is 16.5. The Kier molecular flexibility index (Phi) is 4.89. The molecule has 4 heterocycles. The summed E-state index contributed by atoms with van der Waals surface area (Å²) >= 11 is 0. The van der Waals surface area contributed by atoms with E-state index in [1.807, 2.05) is 22.7 Å². The van der Waals surface area contributed by atoms with Crippen molar-refractivity contribution in [1.82, 2.24) is 28.0 Å². The molecule has 1 aliphatic heterocycles. The summed E-state index contributed by atoms with van der Waals surface area (Å²) < 4.78 is 12.1. The Labute approximate surface area is 195 Å². The summed E-state index contributed by atoms with van der Waals surface area (Å²) in [6, 6.07) is 14.7. The Morgan fingerprint density at radius 3 is 2.50 bits per heavy atom. The van der Waals surface area contributed by atoms with Gasteiger partial charge in [-0.15, -0.1) is 0 Å². The highest BCUT2D eigenvalue weighted by Crippen LogP contribution is 2.28. The number of hydrogen-bond acceptors (Lipinski definition) is 5. The Balaban J connectivity index is 1.57. The molecule has 0 aliphatic carbocycles. The van der Waals surface area contributed by atoms with E-state index in [4.69, 9.17) is 9.72 Å². The smallest absolute Gasteiger partial charge is 0.332 e. The first-order valence-corrected chi connectivity index (χ1v) is 11.5. The number of ether oxygens (including phenoxy) is 1. The molecular formula is C25H26N6O3. The standard InChI is InChI=1S/C25H26N6O3/c1-27-22-21(23(32)28(2)25(27)33)31-16-20(19-8-7-17-5-3-4-6-18(17)15-19)30(24(31)26-22)10-9-29-11-13-34-14-12-29/h3-8,15-16H,9-14H2,1-2H3. The van der Waals surface area contributed by atoms with Crippen molar-refractivity contribution in [3.63, 3.8) is 0 Å². The molecule has 0 unspecified atom stereocenters. The molecule has 5 aromatic rings. The lowest BCUT2D eigenvalue weighted by molar-refractivity contribution is 0.0365. The summed E-state index contributed by atoms with van der Waals surface area (Å²) in [5.41, 5.74) is 2.12. The second-order valence-electron chi connectivity index (χ2n) is 8.84. The normalized spacial score (nSPS) is 15.1. The molecule has 1 fully saturated rings. The summed E-state index contributed by atoms with van der Waals surface area (Å²) in [6.07, 6.45) is 1.97. The van der Waals surface area contributed by atoms with Crippen LogP contribution in [0, 0.1) is 0 Å². The zero-order valence-corrected chi connectivity index (χ0v) is 19.3. The van der Waals surface area contributed by atoms with Crippen molar-refractivity contribution in [3.05, 3.63) is 69.5 Å². The fraction of sp³-hybridized carbons (Fsp3) is 0.320. The van der Waals surface area contributed by atoms with Gasteiger partial charge >= 0.3 is 5.69 Å². The third kappa shape index (κ3) is 3.19. The minimum atomic E-state index is -0.382. The van der Waals surface area contributed by atoms with Gasteiger partial charge in [0.25, 0.3) is 5.56 Å². The number of rotatable bonds is 4. The first-order valence-electron chi connectivity index (χ1n) is 11.5. The van der Waals surface area contributed by atoms with Crippen molar-refractivity contribution in [3.8, 4) is 11.3 Å². The number of aryl methyl sites for hydroxylation is 1. The van der Waals surface area contributed by atoms with Gasteiger partial charge in [-0.05, 0) is 16.8 Å². The fourth-order valence-corrected chi connectivity index (χ4v) is 4.88. The maximum absolute atomic E-state index is 13.1. The average Bonchev–Trinajstić information content (AvgIpc) is 3.42. The van der Waals surface area contributed by atoms with E-state index < -0.39 is 0 Å². The molecule has 0 atom stereocenters. The van der Waals surface area contributed by atoms with Gasteiger partial charge in [0.1, 0.15) is 0 Å². The molecule has 0 amide bonds. The number of benzene rings is 2. The van der Waals surface area contributed by atoms with Crippen LogP contribution >= 0.6 is 0 Å². The maximum atomic E-state index is 13.1. The van der Waals surface area contributed by atoms with Crippen molar-refractivity contribution >= 4 is 27.7 Å². The molecule has 9 heteroatoms. The van der Waals surface area contributed by atoms with Crippen LogP contribution in [0.3, 0.4) is 0 Å². The molecule has 3 aromatic heterocycles. The van der Waals surface area contributed by atoms with Crippen LogP contribution in [0.2, 0.25) is 0 Å². The number of fused-ring (bicyclic) bond motifs is 4. The van der Waals surface area contributed by atoms with Crippen LogP contribution < -0.4 is 11.2 Å². The zero-order valence-electron chi connectivity index (χ0n) is 19.3. The predicted molar refractivity (Wildman–Crippen MR) is 131 cm³/mol. The second-order valence-corrected chi connectivity index (χ2v) is 8.84. The van der Waals surface area contributed by atoms with Crippen molar-refractivity contribution in [1.29, 1.82) is 0 Å². The van der Waals surface area contributed by atoms with Crippen LogP contribution in [0.5, 0.6) is 0 Å². The molecule has 34 heavy (non-hydrogen) atoms. The third-order valence-corrected chi connectivity index (χ3v) is 6.85. The monoisotopic (exact) mass is 458 g/mol. The number of nitrogens with zero attached hydrogens (tertiary/aromatic N) is 6. The van der Waals surface area contributed by atoms with Crippen molar-refractivity contribution < 1.29 is 4.74 Å². The molecule has 0 N–H and O–H groups in total. The highest BCUT2D eigenvalue weighted by molar-refractivity contribution is 5.87. The van der Waals surface area contributed by atoms with Gasteiger partial charge < -0.3 is 9.30 Å². The molecule has 0 saturated carbocycles. The summed E-state index contributed by atoms with van der Waals surface area (Å²) in [6.45, 7) is 4.82.